The van der Waals surface area contributed by atoms with Crippen molar-refractivity contribution in [3.05, 3.63) is 114 Å². The molecule has 1 amide bonds. The van der Waals surface area contributed by atoms with Crippen LogP contribution >= 0.6 is 0 Å². The molecule has 7 aromatic rings. The molecule has 226 valence electrons. The number of hydrogen-bond donors (Lipinski definition) is 1. The number of para-hydroxylation sites is 2. The highest BCUT2D eigenvalue weighted by Gasteiger charge is 2.27. The van der Waals surface area contributed by atoms with Crippen molar-refractivity contribution in [2.75, 3.05) is 14.1 Å². The number of nitriles is 1. The highest BCUT2D eigenvalue weighted by Crippen LogP contribution is 2.43. The van der Waals surface area contributed by atoms with E-state index < -0.39 is 5.97 Å². The molecule has 7 rings (SSSR count). The van der Waals surface area contributed by atoms with Crippen LogP contribution in [0.25, 0.3) is 60.8 Å². The van der Waals surface area contributed by atoms with Gasteiger partial charge in [-0.05, 0) is 42.1 Å². The number of fused-ring (bicyclic) bond motifs is 3. The van der Waals surface area contributed by atoms with Gasteiger partial charge in [-0.15, -0.1) is 0 Å². The maximum absolute atomic E-state index is 12.4. The number of amides is 1. The van der Waals surface area contributed by atoms with Crippen LogP contribution in [0.5, 0.6) is 0 Å². The number of aromatic nitrogens is 4. The lowest BCUT2D eigenvalue weighted by Gasteiger charge is -2.15. The Balaban J connectivity index is 0.000000692. The van der Waals surface area contributed by atoms with E-state index in [2.05, 4.69) is 6.07 Å². The Morgan fingerprint density at radius 3 is 2.26 bits per heavy atom. The van der Waals surface area contributed by atoms with Crippen LogP contribution in [0.2, 0.25) is 0 Å². The fourth-order valence-corrected chi connectivity index (χ4v) is 5.90. The summed E-state index contributed by atoms with van der Waals surface area (Å²) in [6, 6.07) is 31.1. The second kappa shape index (κ2) is 12.0. The number of carboxylic acids is 1. The number of aryl methyl sites for hydroxylation is 2. The number of rotatable bonds is 5. The molecule has 0 spiro atoms. The predicted octanol–water partition coefficient (Wildman–Crippen LogP) is 6.98. The van der Waals surface area contributed by atoms with Crippen molar-refractivity contribution < 1.29 is 14.7 Å². The first-order chi connectivity index (χ1) is 22.2. The summed E-state index contributed by atoms with van der Waals surface area (Å²) in [5, 5.41) is 28.9. The first-order valence-corrected chi connectivity index (χ1v) is 14.6. The van der Waals surface area contributed by atoms with Crippen molar-refractivity contribution in [1.82, 2.24) is 24.2 Å². The summed E-state index contributed by atoms with van der Waals surface area (Å²) in [6.07, 6.45) is 2.74. The molecule has 1 N–H and O–H groups in total. The van der Waals surface area contributed by atoms with Gasteiger partial charge in [0.2, 0.25) is 6.41 Å². The van der Waals surface area contributed by atoms with E-state index in [1.54, 1.807) is 30.9 Å². The smallest absolute Gasteiger partial charge is 0.336 e. The van der Waals surface area contributed by atoms with Gasteiger partial charge in [-0.3, -0.25) is 4.79 Å². The van der Waals surface area contributed by atoms with Gasteiger partial charge in [-0.25, -0.2) is 14.5 Å². The molecule has 0 saturated heterocycles. The monoisotopic (exact) mass is 606 g/mol. The second-order valence-corrected chi connectivity index (χ2v) is 11.1. The molecule has 0 fully saturated rings. The van der Waals surface area contributed by atoms with Crippen LogP contribution in [-0.4, -0.2) is 55.8 Å². The molecular formula is C37H30N6O3. The van der Waals surface area contributed by atoms with Crippen molar-refractivity contribution in [3.8, 4) is 34.1 Å². The van der Waals surface area contributed by atoms with Gasteiger partial charge in [0.05, 0.1) is 33.6 Å². The van der Waals surface area contributed by atoms with E-state index in [-0.39, 0.29) is 5.56 Å². The van der Waals surface area contributed by atoms with Gasteiger partial charge in [-0.1, -0.05) is 66.7 Å². The molecule has 0 aliphatic heterocycles. The van der Waals surface area contributed by atoms with E-state index in [4.69, 9.17) is 10.1 Å². The number of aromatic carboxylic acids is 1. The summed E-state index contributed by atoms with van der Waals surface area (Å²) >= 11 is 0. The Morgan fingerprint density at radius 2 is 1.59 bits per heavy atom. The Hall–Kier alpha value is -6.27. The average molecular weight is 607 g/mol. The van der Waals surface area contributed by atoms with Crippen molar-refractivity contribution >= 4 is 45.1 Å². The van der Waals surface area contributed by atoms with Crippen LogP contribution in [-0.2, 0) is 11.8 Å². The maximum Gasteiger partial charge on any atom is 0.336 e. The molecule has 9 heteroatoms. The topological polar surface area (TPSA) is 117 Å². The normalized spacial score (nSPS) is 10.8. The molecule has 0 aliphatic rings. The summed E-state index contributed by atoms with van der Waals surface area (Å²) < 4.78 is 3.82. The first kappa shape index (κ1) is 29.8. The molecule has 3 heterocycles. The van der Waals surface area contributed by atoms with Crippen LogP contribution in [0.1, 0.15) is 21.6 Å². The van der Waals surface area contributed by atoms with Crippen molar-refractivity contribution in [2.24, 2.45) is 7.05 Å². The van der Waals surface area contributed by atoms with Gasteiger partial charge in [-0.2, -0.15) is 10.4 Å². The Kier molecular flexibility index (Phi) is 7.78. The summed E-state index contributed by atoms with van der Waals surface area (Å²) in [6.45, 7) is 1.90. The lowest BCUT2D eigenvalue weighted by atomic mass is 9.88. The summed E-state index contributed by atoms with van der Waals surface area (Å²) in [5.74, 6) is -1.03. The zero-order valence-corrected chi connectivity index (χ0v) is 25.8. The summed E-state index contributed by atoms with van der Waals surface area (Å²) in [5.41, 5.74) is 6.30. The number of carboxylic acid groups (broad SMARTS) is 1. The predicted molar refractivity (Wildman–Crippen MR) is 180 cm³/mol. The fraction of sp³-hybridized carbons (Fsp3) is 0.108. The third-order valence-electron chi connectivity index (χ3n) is 7.87. The standard InChI is InChI=1S/C34H23N5O2.C3H7NO/c1-20-29-31(24-15-8-10-21-11-9-16-25(30(21)24)34(40)41)26(18-35)32(27-19-38(2)28-17-7-6-14-23(27)28)36-33(29)39(37-20)22-12-4-3-5-13-22;1-4(2)3-5/h3-17,19H,1-2H3,(H,40,41);3H,1-2H3. The van der Waals surface area contributed by atoms with Crippen LogP contribution < -0.4 is 0 Å². The molecule has 9 nitrogen and oxygen atoms in total. The largest absolute Gasteiger partial charge is 0.478 e. The van der Waals surface area contributed by atoms with E-state index in [1.807, 2.05) is 104 Å². The molecule has 4 aromatic carbocycles. The van der Waals surface area contributed by atoms with Crippen LogP contribution in [0.15, 0.2) is 97.2 Å². The number of hydrogen-bond acceptors (Lipinski definition) is 5. The van der Waals surface area contributed by atoms with Crippen LogP contribution in [0.3, 0.4) is 0 Å². The molecule has 0 saturated carbocycles. The van der Waals surface area contributed by atoms with Crippen molar-refractivity contribution in [3.63, 3.8) is 0 Å². The highest BCUT2D eigenvalue weighted by atomic mass is 16.4. The number of nitrogens with zero attached hydrogens (tertiary/aromatic N) is 6. The Morgan fingerprint density at radius 1 is 0.913 bits per heavy atom. The summed E-state index contributed by atoms with van der Waals surface area (Å²) in [4.78, 5) is 28.4. The van der Waals surface area contributed by atoms with Crippen LogP contribution in [0, 0.1) is 18.3 Å². The minimum absolute atomic E-state index is 0.173. The third-order valence-corrected chi connectivity index (χ3v) is 7.87. The molecule has 46 heavy (non-hydrogen) atoms. The molecular weight excluding hydrogens is 576 g/mol. The van der Waals surface area contributed by atoms with Gasteiger partial charge >= 0.3 is 5.97 Å². The van der Waals surface area contributed by atoms with Gasteiger partial charge in [0.15, 0.2) is 5.65 Å². The maximum atomic E-state index is 12.4. The quantitative estimate of drug-likeness (QED) is 0.211. The Labute approximate surface area is 265 Å². The second-order valence-electron chi connectivity index (χ2n) is 11.1. The third kappa shape index (κ3) is 5.02. The first-order valence-electron chi connectivity index (χ1n) is 14.6. The fourth-order valence-electron chi connectivity index (χ4n) is 5.90. The zero-order valence-electron chi connectivity index (χ0n) is 25.8. The van der Waals surface area contributed by atoms with Crippen molar-refractivity contribution in [2.45, 2.75) is 6.92 Å². The Bertz CT molecular complexity index is 2320. The minimum Gasteiger partial charge on any atom is -0.478 e. The molecule has 0 bridgehead atoms. The van der Waals surface area contributed by atoms with E-state index in [0.29, 0.717) is 44.5 Å². The number of benzene rings is 4. The highest BCUT2D eigenvalue weighted by molar-refractivity contribution is 6.15. The average Bonchev–Trinajstić information content (AvgIpc) is 3.59. The van der Waals surface area contributed by atoms with Gasteiger partial charge < -0.3 is 14.6 Å². The van der Waals surface area contributed by atoms with E-state index in [9.17, 15) is 20.0 Å². The SMILES string of the molecule is CN(C)C=O.Cc1nn(-c2ccccc2)c2nc(-c3cn(C)c4ccccc34)c(C#N)c(-c3cccc4cccc(C(=O)O)c34)c12. The molecule has 0 unspecified atom stereocenters. The van der Waals surface area contributed by atoms with E-state index >= 15 is 0 Å². The lowest BCUT2D eigenvalue weighted by molar-refractivity contribution is -0.115. The van der Waals surface area contributed by atoms with Gasteiger partial charge in [0.25, 0.3) is 0 Å². The van der Waals surface area contributed by atoms with Crippen LogP contribution in [0.4, 0.5) is 0 Å². The van der Waals surface area contributed by atoms with E-state index in [1.165, 1.54) is 4.90 Å². The van der Waals surface area contributed by atoms with E-state index in [0.717, 1.165) is 34.0 Å². The summed E-state index contributed by atoms with van der Waals surface area (Å²) in [7, 11) is 5.35. The zero-order chi connectivity index (χ0) is 32.5. The van der Waals surface area contributed by atoms with Crippen molar-refractivity contribution in [1.29, 1.82) is 5.26 Å². The molecule has 0 aliphatic carbocycles. The minimum atomic E-state index is -1.03. The molecule has 0 radical (unpaired) electrons. The molecule has 0 atom stereocenters. The lowest BCUT2D eigenvalue weighted by Crippen LogP contribution is -2.06. The number of carbonyl (C=O) groups excluding carboxylic acids is 1. The number of carbonyl (C=O) groups is 2. The van der Waals surface area contributed by atoms with Gasteiger partial charge in [0, 0.05) is 54.8 Å². The van der Waals surface area contributed by atoms with Gasteiger partial charge in [0.1, 0.15) is 6.07 Å². The molecule has 3 aromatic heterocycles. The number of pyridine rings is 1.